The smallest absolute Gasteiger partial charge is 0.243 e. The molecule has 0 unspecified atom stereocenters. The molecule has 0 aliphatic carbocycles. The van der Waals surface area contributed by atoms with Gasteiger partial charge in [-0.25, -0.2) is 8.42 Å². The Balaban J connectivity index is 1.77. The number of amides is 1. The van der Waals surface area contributed by atoms with Crippen LogP contribution in [-0.2, 0) is 26.8 Å². The largest absolute Gasteiger partial charge is 0.496 e. The maximum Gasteiger partial charge on any atom is 0.243 e. The second-order valence-electron chi connectivity index (χ2n) is 9.56. The third-order valence-electron chi connectivity index (χ3n) is 7.06. The topological polar surface area (TPSA) is 70.2 Å². The predicted molar refractivity (Wildman–Crippen MR) is 129 cm³/mol. The Morgan fingerprint density at radius 1 is 1.09 bits per heavy atom. The normalized spacial score (nSPS) is 19.2. The molecule has 2 aliphatic heterocycles. The van der Waals surface area contributed by atoms with Gasteiger partial charge in [0.2, 0.25) is 15.9 Å². The lowest BCUT2D eigenvalue weighted by molar-refractivity contribution is -0.121. The predicted octanol–water partition coefficient (Wildman–Crippen LogP) is 3.23. The molecule has 0 spiro atoms. The number of hydrogen-bond donors (Lipinski definition) is 0. The molecule has 0 aromatic heterocycles. The maximum atomic E-state index is 14.1. The number of likely N-dealkylation sites (tertiary alicyclic amines) is 1. The number of likely N-dealkylation sites (N-methyl/N-ethyl adjacent to an activating group) is 1. The van der Waals surface area contributed by atoms with Gasteiger partial charge in [0.1, 0.15) is 5.75 Å². The van der Waals surface area contributed by atoms with Crippen LogP contribution in [0.5, 0.6) is 5.75 Å². The van der Waals surface area contributed by atoms with Crippen LogP contribution in [-0.4, -0.2) is 63.9 Å². The average Bonchev–Trinajstić information content (AvgIpc) is 2.98. The number of carbonyl (C=O) groups excluding carboxylic acids is 1. The van der Waals surface area contributed by atoms with Crippen molar-refractivity contribution in [3.8, 4) is 5.75 Å². The number of ether oxygens (including phenoxy) is 1. The number of benzene rings is 2. The fourth-order valence-electron chi connectivity index (χ4n) is 4.94. The number of fused-ring (bicyclic) bond motifs is 1. The highest BCUT2D eigenvalue weighted by atomic mass is 32.2. The first-order chi connectivity index (χ1) is 15.6. The number of methoxy groups -OCH3 is 1. The summed E-state index contributed by atoms with van der Waals surface area (Å²) in [5, 5.41) is 0. The van der Waals surface area contributed by atoms with Crippen LogP contribution in [0.1, 0.15) is 37.8 Å². The van der Waals surface area contributed by atoms with E-state index >= 15 is 0 Å². The summed E-state index contributed by atoms with van der Waals surface area (Å²) in [4.78, 5) is 16.8. The molecule has 4 rings (SSSR count). The minimum Gasteiger partial charge on any atom is -0.496 e. The molecule has 1 saturated heterocycles. The highest BCUT2D eigenvalue weighted by molar-refractivity contribution is 7.89. The lowest BCUT2D eigenvalue weighted by atomic mass is 9.86. The Labute approximate surface area is 197 Å². The number of para-hydroxylation sites is 1. The number of hydrogen-bond acceptors (Lipinski definition) is 5. The third-order valence-corrected chi connectivity index (χ3v) is 8.96. The van der Waals surface area contributed by atoms with Crippen LogP contribution in [0.3, 0.4) is 0 Å². The number of piperidine rings is 1. The van der Waals surface area contributed by atoms with Crippen molar-refractivity contribution >= 4 is 21.6 Å². The molecular formula is C25H33N3O4S. The molecule has 178 valence electrons. The summed E-state index contributed by atoms with van der Waals surface area (Å²) >= 11 is 0. The third kappa shape index (κ3) is 4.16. The van der Waals surface area contributed by atoms with Crippen molar-refractivity contribution in [2.45, 2.75) is 49.6 Å². The van der Waals surface area contributed by atoms with E-state index in [-0.39, 0.29) is 23.4 Å². The molecule has 2 aromatic rings. The number of carbonyl (C=O) groups is 1. The van der Waals surface area contributed by atoms with Crippen molar-refractivity contribution in [3.63, 3.8) is 0 Å². The van der Waals surface area contributed by atoms with Gasteiger partial charge in [0, 0.05) is 30.9 Å². The van der Waals surface area contributed by atoms with Gasteiger partial charge in [-0.2, -0.15) is 4.31 Å². The number of nitrogens with zero attached hydrogens (tertiary/aromatic N) is 3. The monoisotopic (exact) mass is 471 g/mol. The van der Waals surface area contributed by atoms with Crippen LogP contribution < -0.4 is 9.64 Å². The summed E-state index contributed by atoms with van der Waals surface area (Å²) in [6.07, 6.45) is 1.53. The quantitative estimate of drug-likeness (QED) is 0.647. The van der Waals surface area contributed by atoms with Crippen molar-refractivity contribution in [1.29, 1.82) is 0 Å². The van der Waals surface area contributed by atoms with Gasteiger partial charge < -0.3 is 14.5 Å². The van der Waals surface area contributed by atoms with Gasteiger partial charge in [0.25, 0.3) is 0 Å². The van der Waals surface area contributed by atoms with Crippen molar-refractivity contribution in [3.05, 3.63) is 53.6 Å². The van der Waals surface area contributed by atoms with Crippen LogP contribution in [0.25, 0.3) is 0 Å². The zero-order chi connectivity index (χ0) is 24.0. The van der Waals surface area contributed by atoms with Crippen molar-refractivity contribution < 1.29 is 17.9 Å². The van der Waals surface area contributed by atoms with E-state index in [0.717, 1.165) is 42.7 Å². The molecule has 0 bridgehead atoms. The van der Waals surface area contributed by atoms with Gasteiger partial charge in [-0.3, -0.25) is 4.79 Å². The molecule has 2 aromatic carbocycles. The maximum absolute atomic E-state index is 14.1. The lowest BCUT2D eigenvalue weighted by Crippen LogP contribution is -2.46. The van der Waals surface area contributed by atoms with Crippen molar-refractivity contribution in [2.24, 2.45) is 0 Å². The Morgan fingerprint density at radius 2 is 1.76 bits per heavy atom. The van der Waals surface area contributed by atoms with Crippen LogP contribution in [0, 0.1) is 0 Å². The highest BCUT2D eigenvalue weighted by Gasteiger charge is 2.43. The standard InChI is InChI=1S/C25H33N3O4S/c1-25(2)21-16-20(10-11-22(21)27(4)24(25)29)33(30,31)28(19-12-14-26(3)15-13-19)17-18-8-6-7-9-23(18)32-5/h6-11,16,19H,12-15,17H2,1-5H3. The second kappa shape index (κ2) is 8.74. The molecule has 1 fully saturated rings. The Morgan fingerprint density at radius 3 is 2.42 bits per heavy atom. The number of rotatable bonds is 6. The van der Waals surface area contributed by atoms with Gasteiger partial charge in [0.05, 0.1) is 17.4 Å². The zero-order valence-corrected chi connectivity index (χ0v) is 20.9. The molecule has 7 nitrogen and oxygen atoms in total. The van der Waals surface area contributed by atoms with E-state index < -0.39 is 15.4 Å². The highest BCUT2D eigenvalue weighted by Crippen LogP contribution is 2.42. The Bertz CT molecular complexity index is 1150. The second-order valence-corrected chi connectivity index (χ2v) is 11.5. The molecule has 2 heterocycles. The molecule has 1 amide bonds. The fourth-order valence-corrected chi connectivity index (χ4v) is 6.63. The van der Waals surface area contributed by atoms with E-state index in [1.54, 1.807) is 41.6 Å². The van der Waals surface area contributed by atoms with Crippen LogP contribution in [0.4, 0.5) is 5.69 Å². The van der Waals surface area contributed by atoms with E-state index in [2.05, 4.69) is 11.9 Å². The van der Waals surface area contributed by atoms with Gasteiger partial charge in [-0.05, 0) is 76.7 Å². The van der Waals surface area contributed by atoms with E-state index in [1.807, 2.05) is 38.1 Å². The summed E-state index contributed by atoms with van der Waals surface area (Å²) < 4.78 is 35.3. The summed E-state index contributed by atoms with van der Waals surface area (Å²) in [5.74, 6) is 0.640. The summed E-state index contributed by atoms with van der Waals surface area (Å²) in [6.45, 7) is 5.62. The van der Waals surface area contributed by atoms with Crippen LogP contribution >= 0.6 is 0 Å². The van der Waals surface area contributed by atoms with E-state index in [4.69, 9.17) is 4.74 Å². The summed E-state index contributed by atoms with van der Waals surface area (Å²) in [6, 6.07) is 12.5. The molecule has 0 radical (unpaired) electrons. The van der Waals surface area contributed by atoms with Gasteiger partial charge in [0.15, 0.2) is 0 Å². The SMILES string of the molecule is COc1ccccc1CN(C1CCN(C)CC1)S(=O)(=O)c1ccc2c(c1)C(C)(C)C(=O)N2C. The Kier molecular flexibility index (Phi) is 6.28. The van der Waals surface area contributed by atoms with Crippen molar-refractivity contribution in [2.75, 3.05) is 39.2 Å². The summed E-state index contributed by atoms with van der Waals surface area (Å²) in [7, 11) is 1.58. The first kappa shape index (κ1) is 23.7. The molecule has 0 atom stereocenters. The molecule has 2 aliphatic rings. The minimum atomic E-state index is -3.82. The van der Waals surface area contributed by atoms with Crippen LogP contribution in [0.2, 0.25) is 0 Å². The lowest BCUT2D eigenvalue weighted by Gasteiger charge is -2.37. The van der Waals surface area contributed by atoms with E-state index in [9.17, 15) is 13.2 Å². The average molecular weight is 472 g/mol. The number of sulfonamides is 1. The molecule has 8 heteroatoms. The van der Waals surface area contributed by atoms with Gasteiger partial charge in [-0.15, -0.1) is 0 Å². The zero-order valence-electron chi connectivity index (χ0n) is 20.0. The molecule has 0 saturated carbocycles. The number of anilines is 1. The Hall–Kier alpha value is -2.42. The summed E-state index contributed by atoms with van der Waals surface area (Å²) in [5.41, 5.74) is 1.58. The molecule has 33 heavy (non-hydrogen) atoms. The molecular weight excluding hydrogens is 438 g/mol. The van der Waals surface area contributed by atoms with Gasteiger partial charge in [-0.1, -0.05) is 18.2 Å². The fraction of sp³-hybridized carbons (Fsp3) is 0.480. The van der Waals surface area contributed by atoms with Crippen LogP contribution in [0.15, 0.2) is 47.4 Å². The van der Waals surface area contributed by atoms with Crippen molar-refractivity contribution in [1.82, 2.24) is 9.21 Å². The first-order valence-electron chi connectivity index (χ1n) is 11.3. The van der Waals surface area contributed by atoms with Gasteiger partial charge >= 0.3 is 0 Å². The van der Waals surface area contributed by atoms with E-state index in [1.165, 1.54) is 0 Å². The molecule has 0 N–H and O–H groups in total. The minimum absolute atomic E-state index is 0.0340. The van der Waals surface area contributed by atoms with E-state index in [0.29, 0.717) is 5.75 Å². The first-order valence-corrected chi connectivity index (χ1v) is 12.8.